The molecule has 1 saturated heterocycles. The molecule has 1 amide bonds. The van der Waals surface area contributed by atoms with Gasteiger partial charge >= 0.3 is 0 Å². The van der Waals surface area contributed by atoms with Crippen LogP contribution in [0.4, 0.5) is 0 Å². The SMILES string of the molecule is O=C(C1COc2ccccc2O1)N1CCN(CC[C@@H](O)c2ccccc2)CC1. The molecule has 28 heavy (non-hydrogen) atoms. The van der Waals surface area contributed by atoms with Crippen molar-refractivity contribution in [2.45, 2.75) is 18.6 Å². The quantitative estimate of drug-likeness (QED) is 0.858. The van der Waals surface area contributed by atoms with Gasteiger partial charge in [-0.2, -0.15) is 0 Å². The van der Waals surface area contributed by atoms with Crippen LogP contribution in [0.25, 0.3) is 0 Å². The lowest BCUT2D eigenvalue weighted by molar-refractivity contribution is -0.143. The van der Waals surface area contributed by atoms with E-state index in [1.165, 1.54) is 0 Å². The van der Waals surface area contributed by atoms with Gasteiger partial charge in [-0.25, -0.2) is 0 Å². The summed E-state index contributed by atoms with van der Waals surface area (Å²) in [6.45, 7) is 4.01. The smallest absolute Gasteiger partial charge is 0.267 e. The molecule has 4 rings (SSSR count). The highest BCUT2D eigenvalue weighted by molar-refractivity contribution is 5.82. The summed E-state index contributed by atoms with van der Waals surface area (Å²) >= 11 is 0. The highest BCUT2D eigenvalue weighted by Crippen LogP contribution is 2.31. The highest BCUT2D eigenvalue weighted by Gasteiger charge is 2.32. The van der Waals surface area contributed by atoms with Crippen LogP contribution in [0.5, 0.6) is 11.5 Å². The molecule has 2 aromatic carbocycles. The Kier molecular flexibility index (Phi) is 5.78. The average molecular weight is 382 g/mol. The molecule has 1 unspecified atom stereocenters. The third kappa shape index (κ3) is 4.29. The minimum absolute atomic E-state index is 0.0153. The maximum Gasteiger partial charge on any atom is 0.267 e. The van der Waals surface area contributed by atoms with Crippen molar-refractivity contribution in [3.05, 3.63) is 60.2 Å². The van der Waals surface area contributed by atoms with Gasteiger partial charge in [0.15, 0.2) is 11.5 Å². The van der Waals surface area contributed by atoms with Crippen LogP contribution in [-0.4, -0.2) is 66.2 Å². The van der Waals surface area contributed by atoms with Gasteiger partial charge in [-0.1, -0.05) is 42.5 Å². The second kappa shape index (κ2) is 8.63. The van der Waals surface area contributed by atoms with Gasteiger partial charge in [-0.3, -0.25) is 9.69 Å². The molecule has 0 saturated carbocycles. The van der Waals surface area contributed by atoms with Crippen molar-refractivity contribution in [2.24, 2.45) is 0 Å². The van der Waals surface area contributed by atoms with Crippen LogP contribution in [0.3, 0.4) is 0 Å². The number of nitrogens with zero attached hydrogens (tertiary/aromatic N) is 2. The molecular formula is C22H26N2O4. The molecule has 0 aliphatic carbocycles. The third-order valence-electron chi connectivity index (χ3n) is 5.37. The zero-order chi connectivity index (χ0) is 19.3. The standard InChI is InChI=1S/C22H26N2O4/c25-18(17-6-2-1-3-7-17)10-11-23-12-14-24(15-13-23)22(26)21-16-27-19-8-4-5-9-20(19)28-21/h1-9,18,21,25H,10-16H2/t18-,21?/m1/s1. The fourth-order valence-electron chi connectivity index (χ4n) is 3.68. The van der Waals surface area contributed by atoms with Crippen molar-refractivity contribution in [1.82, 2.24) is 9.80 Å². The first kappa shape index (κ1) is 18.8. The van der Waals surface area contributed by atoms with Gasteiger partial charge in [0.1, 0.15) is 6.61 Å². The highest BCUT2D eigenvalue weighted by atomic mass is 16.6. The maximum absolute atomic E-state index is 12.8. The van der Waals surface area contributed by atoms with E-state index in [1.54, 1.807) is 0 Å². The summed E-state index contributed by atoms with van der Waals surface area (Å²) < 4.78 is 11.5. The lowest BCUT2D eigenvalue weighted by Crippen LogP contribution is -2.54. The van der Waals surface area contributed by atoms with Gasteiger partial charge in [-0.05, 0) is 24.1 Å². The largest absolute Gasteiger partial charge is 0.485 e. The Morgan fingerprint density at radius 3 is 2.43 bits per heavy atom. The first-order valence-electron chi connectivity index (χ1n) is 9.83. The molecule has 0 bridgehead atoms. The fourth-order valence-corrected chi connectivity index (χ4v) is 3.68. The maximum atomic E-state index is 12.8. The zero-order valence-corrected chi connectivity index (χ0v) is 15.9. The van der Waals surface area contributed by atoms with Crippen LogP contribution < -0.4 is 9.47 Å². The number of hydrogen-bond donors (Lipinski definition) is 1. The van der Waals surface area contributed by atoms with Gasteiger partial charge in [0.05, 0.1) is 6.10 Å². The van der Waals surface area contributed by atoms with E-state index in [1.807, 2.05) is 59.5 Å². The Labute approximate surface area is 165 Å². The Morgan fingerprint density at radius 1 is 1.00 bits per heavy atom. The molecule has 6 heteroatoms. The normalized spacial score (nSPS) is 20.6. The van der Waals surface area contributed by atoms with Crippen molar-refractivity contribution >= 4 is 5.91 Å². The predicted molar refractivity (Wildman–Crippen MR) is 105 cm³/mol. The molecule has 0 aromatic heterocycles. The van der Waals surface area contributed by atoms with E-state index in [-0.39, 0.29) is 12.5 Å². The van der Waals surface area contributed by atoms with E-state index in [9.17, 15) is 9.90 Å². The number of carbonyl (C=O) groups is 1. The number of amides is 1. The molecule has 2 heterocycles. The number of hydrogen-bond acceptors (Lipinski definition) is 5. The van der Waals surface area contributed by atoms with Crippen LogP contribution >= 0.6 is 0 Å². The number of ether oxygens (including phenoxy) is 2. The van der Waals surface area contributed by atoms with Crippen molar-refractivity contribution < 1.29 is 19.4 Å². The molecule has 1 fully saturated rings. The summed E-state index contributed by atoms with van der Waals surface area (Å²) in [5, 5.41) is 10.3. The zero-order valence-electron chi connectivity index (χ0n) is 15.9. The monoisotopic (exact) mass is 382 g/mol. The summed E-state index contributed by atoms with van der Waals surface area (Å²) in [4.78, 5) is 16.9. The van der Waals surface area contributed by atoms with E-state index < -0.39 is 12.2 Å². The molecule has 1 N–H and O–H groups in total. The van der Waals surface area contributed by atoms with Gasteiger partial charge in [-0.15, -0.1) is 0 Å². The number of aliphatic hydroxyl groups is 1. The van der Waals surface area contributed by atoms with Crippen LogP contribution in [-0.2, 0) is 4.79 Å². The third-order valence-corrected chi connectivity index (χ3v) is 5.37. The van der Waals surface area contributed by atoms with Crippen molar-refractivity contribution in [1.29, 1.82) is 0 Å². The summed E-state index contributed by atoms with van der Waals surface area (Å²) in [6.07, 6.45) is -0.344. The van der Waals surface area contributed by atoms with Crippen LogP contribution in [0, 0.1) is 0 Å². The second-order valence-electron chi connectivity index (χ2n) is 7.25. The Morgan fingerprint density at radius 2 is 1.68 bits per heavy atom. The number of piperazine rings is 1. The molecule has 0 radical (unpaired) electrons. The molecular weight excluding hydrogens is 356 g/mol. The first-order chi connectivity index (χ1) is 13.7. The van der Waals surface area contributed by atoms with Crippen LogP contribution in [0.1, 0.15) is 18.1 Å². The Balaban J connectivity index is 1.23. The van der Waals surface area contributed by atoms with E-state index in [2.05, 4.69) is 4.90 Å². The Bertz CT molecular complexity index is 790. The number of fused-ring (bicyclic) bond motifs is 1. The molecule has 2 aliphatic rings. The Hall–Kier alpha value is -2.57. The molecule has 2 aromatic rings. The summed E-state index contributed by atoms with van der Waals surface area (Å²) in [5.74, 6) is 1.30. The van der Waals surface area contributed by atoms with Crippen molar-refractivity contribution in [3.63, 3.8) is 0 Å². The molecule has 148 valence electrons. The number of benzene rings is 2. The number of rotatable bonds is 5. The predicted octanol–water partition coefficient (Wildman–Crippen LogP) is 2.09. The lowest BCUT2D eigenvalue weighted by Gasteiger charge is -2.37. The number of aliphatic hydroxyl groups excluding tert-OH is 1. The van der Waals surface area contributed by atoms with Gasteiger partial charge < -0.3 is 19.5 Å². The molecule has 0 spiro atoms. The van der Waals surface area contributed by atoms with Gasteiger partial charge in [0, 0.05) is 32.7 Å². The van der Waals surface area contributed by atoms with Crippen molar-refractivity contribution in [2.75, 3.05) is 39.3 Å². The molecule has 2 aliphatic heterocycles. The summed E-state index contributed by atoms with van der Waals surface area (Å²) in [6, 6.07) is 17.2. The molecule has 2 atom stereocenters. The van der Waals surface area contributed by atoms with Crippen LogP contribution in [0.15, 0.2) is 54.6 Å². The first-order valence-corrected chi connectivity index (χ1v) is 9.83. The van der Waals surface area contributed by atoms with Gasteiger partial charge in [0.25, 0.3) is 5.91 Å². The van der Waals surface area contributed by atoms with E-state index in [0.717, 1.165) is 25.2 Å². The second-order valence-corrected chi connectivity index (χ2v) is 7.25. The van der Waals surface area contributed by atoms with Gasteiger partial charge in [0.2, 0.25) is 6.10 Å². The molecule has 6 nitrogen and oxygen atoms in total. The summed E-state index contributed by atoms with van der Waals surface area (Å²) in [5.41, 5.74) is 0.950. The van der Waals surface area contributed by atoms with Crippen molar-refractivity contribution in [3.8, 4) is 11.5 Å². The van der Waals surface area contributed by atoms with Crippen LogP contribution in [0.2, 0.25) is 0 Å². The topological polar surface area (TPSA) is 62.2 Å². The minimum Gasteiger partial charge on any atom is -0.485 e. The summed E-state index contributed by atoms with van der Waals surface area (Å²) in [7, 11) is 0. The minimum atomic E-state index is -0.582. The fraction of sp³-hybridized carbons (Fsp3) is 0.409. The number of carbonyl (C=O) groups excluding carboxylic acids is 1. The lowest BCUT2D eigenvalue weighted by atomic mass is 10.1. The van der Waals surface area contributed by atoms with E-state index in [4.69, 9.17) is 9.47 Å². The average Bonchev–Trinajstić information content (AvgIpc) is 2.77. The van der Waals surface area contributed by atoms with E-state index in [0.29, 0.717) is 31.0 Å². The number of para-hydroxylation sites is 2. The van der Waals surface area contributed by atoms with E-state index >= 15 is 0 Å².